The summed E-state index contributed by atoms with van der Waals surface area (Å²) in [7, 11) is 1.28. The first kappa shape index (κ1) is 13.6. The van der Waals surface area contributed by atoms with Crippen LogP contribution in [0.2, 0.25) is 0 Å². The van der Waals surface area contributed by atoms with Crippen LogP contribution in [0.25, 0.3) is 0 Å². The Bertz CT molecular complexity index is 525. The maximum Gasteiger partial charge on any atom is 0.412 e. The number of carbonyl (C=O) groups excluding carboxylic acids is 2. The van der Waals surface area contributed by atoms with E-state index in [2.05, 4.69) is 15.0 Å². The molecule has 0 spiro atoms. The monoisotopic (exact) mass is 278 g/mol. The highest BCUT2D eigenvalue weighted by molar-refractivity contribution is 8.14. The summed E-state index contributed by atoms with van der Waals surface area (Å²) >= 11 is 1.34. The Hall–Kier alpha value is -1.82. The summed E-state index contributed by atoms with van der Waals surface area (Å²) in [4.78, 5) is 27.4. The number of amides is 1. The highest BCUT2D eigenvalue weighted by atomic mass is 32.2. The number of thioether (sulfide) groups is 1. The van der Waals surface area contributed by atoms with Crippen molar-refractivity contribution in [3.05, 3.63) is 35.4 Å². The number of ether oxygens (including phenoxy) is 1. The smallest absolute Gasteiger partial charge is 0.412 e. The van der Waals surface area contributed by atoms with Crippen LogP contribution >= 0.6 is 11.8 Å². The number of methoxy groups -OCH3 is 1. The molecule has 1 unspecified atom stereocenters. The average molecular weight is 278 g/mol. The topological polar surface area (TPSA) is 67.8 Å². The molecule has 1 aromatic rings. The van der Waals surface area contributed by atoms with Crippen molar-refractivity contribution in [1.82, 2.24) is 5.32 Å². The molecule has 6 heteroatoms. The van der Waals surface area contributed by atoms with E-state index in [0.29, 0.717) is 16.5 Å². The Morgan fingerprint density at radius 2 is 2.05 bits per heavy atom. The lowest BCUT2D eigenvalue weighted by atomic mass is 10.0. The third-order valence-electron chi connectivity index (χ3n) is 2.68. The van der Waals surface area contributed by atoms with E-state index < -0.39 is 12.1 Å². The summed E-state index contributed by atoms with van der Waals surface area (Å²) in [6.45, 7) is 1.97. The van der Waals surface area contributed by atoms with E-state index in [9.17, 15) is 9.59 Å². The minimum absolute atomic E-state index is 0.0332. The van der Waals surface area contributed by atoms with Gasteiger partial charge in [-0.05, 0) is 6.92 Å². The molecular formula is C13H14N2O3S. The van der Waals surface area contributed by atoms with Crippen molar-refractivity contribution in [1.29, 1.82) is 0 Å². The molecule has 100 valence electrons. The van der Waals surface area contributed by atoms with Gasteiger partial charge in [-0.1, -0.05) is 41.6 Å². The van der Waals surface area contributed by atoms with E-state index in [1.807, 2.05) is 19.1 Å². The molecule has 0 saturated heterocycles. The van der Waals surface area contributed by atoms with Gasteiger partial charge in [0.15, 0.2) is 11.0 Å². The predicted molar refractivity (Wildman–Crippen MR) is 74.7 cm³/mol. The van der Waals surface area contributed by atoms with E-state index in [-0.39, 0.29) is 5.78 Å². The number of ketones is 1. The Morgan fingerprint density at radius 3 is 2.68 bits per heavy atom. The summed E-state index contributed by atoms with van der Waals surface area (Å²) in [6.07, 6.45) is -0.574. The number of Topliss-reactive ketones (excluding diaryl/α,β-unsaturated/α-hetero) is 1. The molecule has 0 bridgehead atoms. The minimum atomic E-state index is -0.574. The van der Waals surface area contributed by atoms with E-state index in [0.717, 1.165) is 5.56 Å². The molecule has 2 rings (SSSR count). The largest absolute Gasteiger partial charge is 0.453 e. The van der Waals surface area contributed by atoms with E-state index in [1.165, 1.54) is 18.9 Å². The second kappa shape index (κ2) is 5.88. The maximum absolute atomic E-state index is 12.2. The minimum Gasteiger partial charge on any atom is -0.453 e. The number of benzene rings is 1. The van der Waals surface area contributed by atoms with Crippen LogP contribution in [0.4, 0.5) is 4.79 Å². The molecule has 1 aromatic carbocycles. The average Bonchev–Trinajstić information content (AvgIpc) is 2.87. The molecule has 5 nitrogen and oxygen atoms in total. The van der Waals surface area contributed by atoms with Crippen molar-refractivity contribution in [3.8, 4) is 0 Å². The van der Waals surface area contributed by atoms with Gasteiger partial charge in [-0.25, -0.2) is 9.79 Å². The first-order valence-electron chi connectivity index (χ1n) is 5.76. The molecule has 0 saturated carbocycles. The lowest BCUT2D eigenvalue weighted by Gasteiger charge is -2.04. The lowest BCUT2D eigenvalue weighted by Crippen LogP contribution is -2.27. The van der Waals surface area contributed by atoms with Crippen LogP contribution in [0.1, 0.15) is 15.9 Å². The lowest BCUT2D eigenvalue weighted by molar-refractivity contribution is 0.0971. The van der Waals surface area contributed by atoms with Crippen LogP contribution in [-0.4, -0.2) is 35.9 Å². The normalized spacial score (nSPS) is 17.8. The van der Waals surface area contributed by atoms with E-state index >= 15 is 0 Å². The van der Waals surface area contributed by atoms with Crippen LogP contribution in [0.5, 0.6) is 0 Å². The number of nitrogens with one attached hydrogen (secondary N) is 1. The van der Waals surface area contributed by atoms with Crippen LogP contribution in [0.15, 0.2) is 29.3 Å². The van der Waals surface area contributed by atoms with Crippen molar-refractivity contribution in [2.24, 2.45) is 4.99 Å². The summed E-state index contributed by atoms with van der Waals surface area (Å²) in [6, 6.07) is 6.94. The number of aliphatic imine (C=N–C) groups is 1. The number of rotatable bonds is 2. The molecule has 1 amide bonds. The third-order valence-corrected chi connectivity index (χ3v) is 3.65. The molecule has 0 fully saturated rings. The predicted octanol–water partition coefficient (Wildman–Crippen LogP) is 2.01. The highest BCUT2D eigenvalue weighted by Gasteiger charge is 2.26. The molecule has 19 heavy (non-hydrogen) atoms. The standard InChI is InChI=1S/C13H14N2O3S/c1-8-3-5-9(6-4-8)11(16)10-7-19-12(14-10)15-13(17)18-2/h3-6,10H,7H2,1-2H3,(H,14,15,17). The van der Waals surface area contributed by atoms with Crippen molar-refractivity contribution >= 4 is 28.8 Å². The summed E-state index contributed by atoms with van der Waals surface area (Å²) < 4.78 is 4.48. The number of hydrogen-bond acceptors (Lipinski definition) is 5. The quantitative estimate of drug-likeness (QED) is 0.840. The number of amidine groups is 1. The molecule has 1 N–H and O–H groups in total. The van der Waals surface area contributed by atoms with Crippen LogP contribution in [0.3, 0.4) is 0 Å². The Labute approximate surface area is 115 Å². The number of nitrogens with zero attached hydrogens (tertiary/aromatic N) is 1. The van der Waals surface area contributed by atoms with Crippen molar-refractivity contribution in [3.63, 3.8) is 0 Å². The second-order valence-electron chi connectivity index (χ2n) is 4.11. The molecule has 0 aliphatic carbocycles. The van der Waals surface area contributed by atoms with Gasteiger partial charge < -0.3 is 4.74 Å². The number of hydrogen-bond donors (Lipinski definition) is 1. The van der Waals surface area contributed by atoms with Crippen molar-refractivity contribution < 1.29 is 14.3 Å². The van der Waals surface area contributed by atoms with Gasteiger partial charge in [-0.15, -0.1) is 0 Å². The molecular weight excluding hydrogens is 264 g/mol. The zero-order chi connectivity index (χ0) is 13.8. The zero-order valence-electron chi connectivity index (χ0n) is 10.7. The fraction of sp³-hybridized carbons (Fsp3) is 0.308. The first-order valence-corrected chi connectivity index (χ1v) is 6.75. The molecule has 0 aromatic heterocycles. The Balaban J connectivity index is 2.05. The molecule has 1 heterocycles. The zero-order valence-corrected chi connectivity index (χ0v) is 11.5. The molecule has 1 atom stereocenters. The van der Waals surface area contributed by atoms with Gasteiger partial charge in [-0.2, -0.15) is 0 Å². The Kier molecular flexibility index (Phi) is 4.21. The summed E-state index contributed by atoms with van der Waals surface area (Å²) in [5, 5.41) is 2.90. The van der Waals surface area contributed by atoms with Gasteiger partial charge in [0.25, 0.3) is 0 Å². The van der Waals surface area contributed by atoms with Gasteiger partial charge in [0, 0.05) is 11.3 Å². The molecule has 1 aliphatic heterocycles. The van der Waals surface area contributed by atoms with E-state index in [4.69, 9.17) is 0 Å². The van der Waals surface area contributed by atoms with Crippen molar-refractivity contribution in [2.75, 3.05) is 12.9 Å². The highest BCUT2D eigenvalue weighted by Crippen LogP contribution is 2.20. The van der Waals surface area contributed by atoms with Crippen LogP contribution in [-0.2, 0) is 4.74 Å². The first-order chi connectivity index (χ1) is 9.10. The third kappa shape index (κ3) is 3.35. The maximum atomic E-state index is 12.2. The summed E-state index contributed by atoms with van der Waals surface area (Å²) in [5.74, 6) is 0.501. The molecule has 1 aliphatic rings. The van der Waals surface area contributed by atoms with Gasteiger partial charge in [0.05, 0.1) is 7.11 Å². The van der Waals surface area contributed by atoms with Gasteiger partial charge in [0.1, 0.15) is 6.04 Å². The number of carbonyl (C=O) groups is 2. The SMILES string of the molecule is COC(=O)NC1=NC(C(=O)c2ccc(C)cc2)CS1. The van der Waals surface area contributed by atoms with Crippen LogP contribution < -0.4 is 5.32 Å². The molecule has 0 radical (unpaired) electrons. The Morgan fingerprint density at radius 1 is 1.37 bits per heavy atom. The van der Waals surface area contributed by atoms with Gasteiger partial charge in [0.2, 0.25) is 0 Å². The van der Waals surface area contributed by atoms with Gasteiger partial charge >= 0.3 is 6.09 Å². The van der Waals surface area contributed by atoms with E-state index in [1.54, 1.807) is 12.1 Å². The van der Waals surface area contributed by atoms with Gasteiger partial charge in [-0.3, -0.25) is 10.1 Å². The van der Waals surface area contributed by atoms with Crippen LogP contribution in [0, 0.1) is 6.92 Å². The second-order valence-corrected chi connectivity index (χ2v) is 5.12. The fourth-order valence-corrected chi connectivity index (χ4v) is 2.52. The number of aryl methyl sites for hydroxylation is 1. The fourth-order valence-electron chi connectivity index (χ4n) is 1.63. The summed E-state index contributed by atoms with van der Waals surface area (Å²) in [5.41, 5.74) is 1.74. The number of alkyl carbamates (subject to hydrolysis) is 1. The van der Waals surface area contributed by atoms with Crippen molar-refractivity contribution in [2.45, 2.75) is 13.0 Å².